The van der Waals surface area contributed by atoms with Crippen LogP contribution < -0.4 is 10.2 Å². The fourth-order valence-electron chi connectivity index (χ4n) is 2.89. The average Bonchev–Trinajstić information content (AvgIpc) is 2.95. The number of anilines is 1. The van der Waals surface area contributed by atoms with Gasteiger partial charge in [0.2, 0.25) is 11.8 Å². The van der Waals surface area contributed by atoms with Crippen LogP contribution >= 0.6 is 0 Å². The molecule has 1 heterocycles. The normalized spacial score (nSPS) is 17.8. The topological polar surface area (TPSA) is 49.4 Å². The van der Waals surface area contributed by atoms with Crippen LogP contribution in [0.15, 0.2) is 42.5 Å². The van der Waals surface area contributed by atoms with Gasteiger partial charge < -0.3 is 10.2 Å². The second-order valence-electron chi connectivity index (χ2n) is 5.29. The van der Waals surface area contributed by atoms with Gasteiger partial charge >= 0.3 is 0 Å². The first-order valence-electron chi connectivity index (χ1n) is 7.26. The molecule has 21 heavy (non-hydrogen) atoms. The second-order valence-corrected chi connectivity index (χ2v) is 5.29. The molecular formula is C17H18N2O2. The van der Waals surface area contributed by atoms with Gasteiger partial charge in [-0.2, -0.15) is 0 Å². The standard InChI is InChI=1S/C17H18N2O2/c1-2-19(17(21)13-10-16(20)18-11-13)15-9-5-7-12-6-3-4-8-14(12)15/h3-9,13H,2,10-11H2,1H3,(H,18,20). The number of hydrogen-bond donors (Lipinski definition) is 1. The smallest absolute Gasteiger partial charge is 0.232 e. The minimum atomic E-state index is -0.253. The van der Waals surface area contributed by atoms with Gasteiger partial charge in [0.1, 0.15) is 0 Å². The number of nitrogens with zero attached hydrogens (tertiary/aromatic N) is 1. The third-order valence-corrected chi connectivity index (χ3v) is 3.97. The number of nitrogens with one attached hydrogen (secondary N) is 1. The van der Waals surface area contributed by atoms with Crippen molar-refractivity contribution in [2.45, 2.75) is 13.3 Å². The highest BCUT2D eigenvalue weighted by Gasteiger charge is 2.31. The molecular weight excluding hydrogens is 264 g/mol. The van der Waals surface area contributed by atoms with Gasteiger partial charge in [0, 0.05) is 24.9 Å². The Hall–Kier alpha value is -2.36. The molecule has 0 bridgehead atoms. The lowest BCUT2D eigenvalue weighted by atomic mass is 10.0. The zero-order chi connectivity index (χ0) is 14.8. The first-order valence-corrected chi connectivity index (χ1v) is 7.26. The van der Waals surface area contributed by atoms with Crippen molar-refractivity contribution >= 4 is 28.3 Å². The van der Waals surface area contributed by atoms with Crippen LogP contribution in [0.25, 0.3) is 10.8 Å². The van der Waals surface area contributed by atoms with Crippen LogP contribution in [-0.4, -0.2) is 24.9 Å². The summed E-state index contributed by atoms with van der Waals surface area (Å²) in [6.45, 7) is 3.00. The average molecular weight is 282 g/mol. The SMILES string of the molecule is CCN(C(=O)C1CNC(=O)C1)c1cccc2ccccc12. The van der Waals surface area contributed by atoms with Crippen molar-refractivity contribution in [3.63, 3.8) is 0 Å². The third kappa shape index (κ3) is 2.49. The van der Waals surface area contributed by atoms with E-state index in [4.69, 9.17) is 0 Å². The Bertz CT molecular complexity index is 691. The number of rotatable bonds is 3. The van der Waals surface area contributed by atoms with Crippen LogP contribution in [0.3, 0.4) is 0 Å². The van der Waals surface area contributed by atoms with Crippen LogP contribution in [0.2, 0.25) is 0 Å². The number of fused-ring (bicyclic) bond motifs is 1. The van der Waals surface area contributed by atoms with E-state index >= 15 is 0 Å². The molecule has 3 rings (SSSR count). The van der Waals surface area contributed by atoms with Gasteiger partial charge in [-0.25, -0.2) is 0 Å². The molecule has 1 fully saturated rings. The molecule has 0 aliphatic carbocycles. The van der Waals surface area contributed by atoms with E-state index < -0.39 is 0 Å². The van der Waals surface area contributed by atoms with Crippen molar-refractivity contribution in [2.75, 3.05) is 18.0 Å². The minimum absolute atomic E-state index is 0.0206. The Morgan fingerprint density at radius 1 is 1.24 bits per heavy atom. The van der Waals surface area contributed by atoms with Gasteiger partial charge in [0.05, 0.1) is 11.6 Å². The van der Waals surface area contributed by atoms with Gasteiger partial charge in [-0.3, -0.25) is 9.59 Å². The van der Waals surface area contributed by atoms with Crippen molar-refractivity contribution in [3.05, 3.63) is 42.5 Å². The number of benzene rings is 2. The van der Waals surface area contributed by atoms with Gasteiger partial charge in [-0.1, -0.05) is 36.4 Å². The Morgan fingerprint density at radius 3 is 2.71 bits per heavy atom. The van der Waals surface area contributed by atoms with Crippen molar-refractivity contribution < 1.29 is 9.59 Å². The number of carbonyl (C=O) groups is 2. The molecule has 1 N–H and O–H groups in total. The van der Waals surface area contributed by atoms with E-state index in [-0.39, 0.29) is 17.7 Å². The summed E-state index contributed by atoms with van der Waals surface area (Å²) in [5, 5.41) is 4.91. The molecule has 1 unspecified atom stereocenters. The largest absolute Gasteiger partial charge is 0.355 e. The quantitative estimate of drug-likeness (QED) is 0.939. The van der Waals surface area contributed by atoms with Crippen LogP contribution in [0.5, 0.6) is 0 Å². The van der Waals surface area contributed by atoms with E-state index in [1.807, 2.05) is 49.4 Å². The van der Waals surface area contributed by atoms with E-state index in [0.29, 0.717) is 19.5 Å². The summed E-state index contributed by atoms with van der Waals surface area (Å²) in [5.41, 5.74) is 0.917. The summed E-state index contributed by atoms with van der Waals surface area (Å²) < 4.78 is 0. The van der Waals surface area contributed by atoms with Gasteiger partial charge in [-0.15, -0.1) is 0 Å². The molecule has 1 aliphatic rings. The molecule has 4 nitrogen and oxygen atoms in total. The number of amides is 2. The summed E-state index contributed by atoms with van der Waals surface area (Å²) in [7, 11) is 0. The third-order valence-electron chi connectivity index (χ3n) is 3.97. The molecule has 2 aromatic rings. The highest BCUT2D eigenvalue weighted by atomic mass is 16.2. The second kappa shape index (κ2) is 5.56. The lowest BCUT2D eigenvalue weighted by molar-refractivity contribution is -0.124. The Balaban J connectivity index is 1.98. The fraction of sp³-hybridized carbons (Fsp3) is 0.294. The van der Waals surface area contributed by atoms with Crippen LogP contribution in [0.4, 0.5) is 5.69 Å². The maximum Gasteiger partial charge on any atom is 0.232 e. The lowest BCUT2D eigenvalue weighted by Gasteiger charge is -2.25. The van der Waals surface area contributed by atoms with Crippen molar-refractivity contribution in [1.82, 2.24) is 5.32 Å². The lowest BCUT2D eigenvalue weighted by Crippen LogP contribution is -2.37. The molecule has 2 amide bonds. The molecule has 1 saturated heterocycles. The van der Waals surface area contributed by atoms with E-state index in [1.54, 1.807) is 4.90 Å². The van der Waals surface area contributed by atoms with E-state index in [2.05, 4.69) is 5.32 Å². The highest BCUT2D eigenvalue weighted by molar-refractivity contribution is 6.05. The summed E-state index contributed by atoms with van der Waals surface area (Å²) >= 11 is 0. The molecule has 108 valence electrons. The Labute approximate surface area is 123 Å². The minimum Gasteiger partial charge on any atom is -0.355 e. The van der Waals surface area contributed by atoms with Crippen molar-refractivity contribution in [3.8, 4) is 0 Å². The summed E-state index contributed by atoms with van der Waals surface area (Å²) in [6.07, 6.45) is 0.292. The summed E-state index contributed by atoms with van der Waals surface area (Å²) in [5.74, 6) is -0.272. The van der Waals surface area contributed by atoms with Crippen molar-refractivity contribution in [2.24, 2.45) is 5.92 Å². The van der Waals surface area contributed by atoms with E-state index in [1.165, 1.54) is 0 Å². The molecule has 0 aromatic heterocycles. The van der Waals surface area contributed by atoms with Crippen LogP contribution in [0.1, 0.15) is 13.3 Å². The van der Waals surface area contributed by atoms with Crippen LogP contribution in [-0.2, 0) is 9.59 Å². The van der Waals surface area contributed by atoms with Gasteiger partial charge in [-0.05, 0) is 18.4 Å². The molecule has 0 saturated carbocycles. The number of hydrogen-bond acceptors (Lipinski definition) is 2. The zero-order valence-electron chi connectivity index (χ0n) is 12.0. The molecule has 2 aromatic carbocycles. The summed E-state index contributed by atoms with van der Waals surface area (Å²) in [4.78, 5) is 25.8. The molecule has 4 heteroatoms. The monoisotopic (exact) mass is 282 g/mol. The predicted octanol–water partition coefficient (Wildman–Crippen LogP) is 2.33. The van der Waals surface area contributed by atoms with Gasteiger partial charge in [0.25, 0.3) is 0 Å². The Morgan fingerprint density at radius 2 is 2.00 bits per heavy atom. The molecule has 0 radical (unpaired) electrons. The molecule has 0 spiro atoms. The maximum atomic E-state index is 12.7. The van der Waals surface area contributed by atoms with E-state index in [9.17, 15) is 9.59 Å². The summed E-state index contributed by atoms with van der Waals surface area (Å²) in [6, 6.07) is 14.0. The maximum absolute atomic E-state index is 12.7. The Kier molecular flexibility index (Phi) is 3.60. The first-order chi connectivity index (χ1) is 10.2. The van der Waals surface area contributed by atoms with Gasteiger partial charge in [0.15, 0.2) is 0 Å². The number of carbonyl (C=O) groups excluding carboxylic acids is 2. The fourth-order valence-corrected chi connectivity index (χ4v) is 2.89. The predicted molar refractivity (Wildman–Crippen MR) is 83.1 cm³/mol. The first kappa shape index (κ1) is 13.6. The molecule has 1 aliphatic heterocycles. The molecule has 1 atom stereocenters. The van der Waals surface area contributed by atoms with E-state index in [0.717, 1.165) is 16.5 Å². The van der Waals surface area contributed by atoms with Crippen LogP contribution in [0, 0.1) is 5.92 Å². The highest BCUT2D eigenvalue weighted by Crippen LogP contribution is 2.28. The zero-order valence-corrected chi connectivity index (χ0v) is 12.0. The van der Waals surface area contributed by atoms with Crippen molar-refractivity contribution in [1.29, 1.82) is 0 Å².